The number of carbonyl (C=O) groups is 2. The molecule has 0 atom stereocenters. The average Bonchev–Trinajstić information content (AvgIpc) is 3.26. The molecule has 196 valence electrons. The summed E-state index contributed by atoms with van der Waals surface area (Å²) in [5.74, 6) is -1.05. The number of nitrogens with zero attached hydrogens (tertiary/aromatic N) is 3. The van der Waals surface area contributed by atoms with Crippen molar-refractivity contribution in [2.45, 2.75) is 33.4 Å². The van der Waals surface area contributed by atoms with Crippen molar-refractivity contribution in [2.24, 2.45) is 5.73 Å². The van der Waals surface area contributed by atoms with Crippen LogP contribution in [0, 0.1) is 18.2 Å². The van der Waals surface area contributed by atoms with E-state index in [9.17, 15) is 19.1 Å². The minimum atomic E-state index is -1.04. The molecule has 3 aromatic carbocycles. The number of amidine groups is 1. The molecular formula is C28H29FN6O3. The number of anilines is 2. The summed E-state index contributed by atoms with van der Waals surface area (Å²) in [5.41, 5.74) is 9.65. The summed E-state index contributed by atoms with van der Waals surface area (Å²) in [4.78, 5) is 30.9. The lowest BCUT2D eigenvalue weighted by molar-refractivity contribution is -0.136. The van der Waals surface area contributed by atoms with Crippen LogP contribution in [0.25, 0.3) is 11.0 Å². The fourth-order valence-corrected chi connectivity index (χ4v) is 4.26. The van der Waals surface area contributed by atoms with Crippen molar-refractivity contribution in [1.29, 1.82) is 5.41 Å². The Balaban J connectivity index is 1.61. The minimum Gasteiger partial charge on any atom is -0.481 e. The molecule has 0 radical (unpaired) electrons. The molecule has 0 fully saturated rings. The van der Waals surface area contributed by atoms with Crippen molar-refractivity contribution in [3.8, 4) is 0 Å². The lowest BCUT2D eigenvalue weighted by Gasteiger charge is -2.23. The molecule has 0 bridgehead atoms. The first-order valence-corrected chi connectivity index (χ1v) is 12.1. The Morgan fingerprint density at radius 3 is 2.45 bits per heavy atom. The third-order valence-corrected chi connectivity index (χ3v) is 6.28. The number of amides is 1. The van der Waals surface area contributed by atoms with E-state index in [1.807, 2.05) is 29.7 Å². The van der Waals surface area contributed by atoms with Crippen LogP contribution in [0.2, 0.25) is 0 Å². The number of aryl methyl sites for hydroxylation is 2. The second kappa shape index (κ2) is 11.1. The first-order chi connectivity index (χ1) is 18.2. The molecule has 0 spiro atoms. The summed E-state index contributed by atoms with van der Waals surface area (Å²) in [5, 5.41) is 20.0. The summed E-state index contributed by atoms with van der Waals surface area (Å²) in [6, 6.07) is 16.7. The number of aliphatic carboxylic acids is 1. The number of halogens is 1. The fourth-order valence-electron chi connectivity index (χ4n) is 4.26. The Bertz CT molecular complexity index is 1510. The highest BCUT2D eigenvalue weighted by Crippen LogP contribution is 2.24. The zero-order valence-corrected chi connectivity index (χ0v) is 21.2. The van der Waals surface area contributed by atoms with Crippen LogP contribution in [-0.2, 0) is 17.9 Å². The second-order valence-corrected chi connectivity index (χ2v) is 8.85. The van der Waals surface area contributed by atoms with Crippen LogP contribution in [0.3, 0.4) is 0 Å². The van der Waals surface area contributed by atoms with E-state index >= 15 is 0 Å². The van der Waals surface area contributed by atoms with Crippen molar-refractivity contribution in [1.82, 2.24) is 9.55 Å². The molecule has 0 aliphatic carbocycles. The summed E-state index contributed by atoms with van der Waals surface area (Å²) in [6.45, 7) is 4.65. The SMILES string of the molecule is CCn1c(CNc2ccc(C(=N)N)cc2)nc2cc(C(=O)N(CCC(=O)O)c3ccc(F)c(C)c3)ccc21. The lowest BCUT2D eigenvalue weighted by Crippen LogP contribution is -2.33. The number of carbonyl (C=O) groups excluding carboxylic acids is 1. The number of hydrogen-bond acceptors (Lipinski definition) is 5. The normalized spacial score (nSPS) is 10.9. The second-order valence-electron chi connectivity index (χ2n) is 8.85. The van der Waals surface area contributed by atoms with Crippen LogP contribution >= 0.6 is 0 Å². The smallest absolute Gasteiger partial charge is 0.305 e. The maximum absolute atomic E-state index is 13.8. The van der Waals surface area contributed by atoms with E-state index in [1.165, 1.54) is 23.1 Å². The molecule has 4 rings (SSSR count). The first kappa shape index (κ1) is 26.3. The van der Waals surface area contributed by atoms with Gasteiger partial charge < -0.3 is 25.6 Å². The summed E-state index contributed by atoms with van der Waals surface area (Å²) in [7, 11) is 0. The van der Waals surface area contributed by atoms with E-state index in [0.29, 0.717) is 41.0 Å². The van der Waals surface area contributed by atoms with Crippen molar-refractivity contribution in [3.05, 3.63) is 89.0 Å². The summed E-state index contributed by atoms with van der Waals surface area (Å²) in [6.07, 6.45) is -0.252. The van der Waals surface area contributed by atoms with Gasteiger partial charge >= 0.3 is 5.97 Å². The average molecular weight is 517 g/mol. The molecule has 0 unspecified atom stereocenters. The molecule has 0 saturated heterocycles. The highest BCUT2D eigenvalue weighted by atomic mass is 19.1. The molecule has 1 aromatic heterocycles. The Kier molecular flexibility index (Phi) is 7.71. The lowest BCUT2D eigenvalue weighted by atomic mass is 10.1. The molecular weight excluding hydrogens is 487 g/mol. The van der Waals surface area contributed by atoms with Gasteiger partial charge in [0.25, 0.3) is 5.91 Å². The summed E-state index contributed by atoms with van der Waals surface area (Å²) >= 11 is 0. The van der Waals surface area contributed by atoms with Gasteiger partial charge in [-0.1, -0.05) is 0 Å². The highest BCUT2D eigenvalue weighted by Gasteiger charge is 2.21. The maximum Gasteiger partial charge on any atom is 0.305 e. The molecule has 5 N–H and O–H groups in total. The number of nitrogen functional groups attached to an aromatic ring is 1. The van der Waals surface area contributed by atoms with E-state index in [0.717, 1.165) is 17.0 Å². The number of nitrogens with two attached hydrogens (primary N) is 1. The van der Waals surface area contributed by atoms with Gasteiger partial charge in [-0.15, -0.1) is 0 Å². The Labute approximate surface area is 219 Å². The van der Waals surface area contributed by atoms with Gasteiger partial charge in [-0.2, -0.15) is 0 Å². The van der Waals surface area contributed by atoms with E-state index in [2.05, 4.69) is 5.32 Å². The number of fused-ring (bicyclic) bond motifs is 1. The topological polar surface area (TPSA) is 137 Å². The van der Waals surface area contributed by atoms with E-state index < -0.39 is 17.7 Å². The fraction of sp³-hybridized carbons (Fsp3) is 0.214. The number of hydrogen-bond donors (Lipinski definition) is 4. The number of imidazole rings is 1. The standard InChI is InChI=1S/C28H29FN6O3/c1-3-34-24-11-6-19(28(38)35(13-12-26(36)37)21-9-10-22(29)17(2)14-21)15-23(24)33-25(34)16-32-20-7-4-18(5-8-20)27(30)31/h4-11,14-15,32H,3,12-13,16H2,1-2H3,(H3,30,31)(H,36,37). The maximum atomic E-state index is 13.8. The predicted octanol–water partition coefficient (Wildman–Crippen LogP) is 4.52. The molecule has 4 aromatic rings. The summed E-state index contributed by atoms with van der Waals surface area (Å²) < 4.78 is 15.9. The van der Waals surface area contributed by atoms with Crippen molar-refractivity contribution < 1.29 is 19.1 Å². The van der Waals surface area contributed by atoms with E-state index in [4.69, 9.17) is 16.1 Å². The first-order valence-electron chi connectivity index (χ1n) is 12.1. The number of carboxylic acids is 1. The zero-order valence-electron chi connectivity index (χ0n) is 21.2. The third kappa shape index (κ3) is 5.64. The Morgan fingerprint density at radius 2 is 1.82 bits per heavy atom. The Hall–Kier alpha value is -4.73. The number of aromatic nitrogens is 2. The highest BCUT2D eigenvalue weighted by molar-refractivity contribution is 6.07. The van der Waals surface area contributed by atoms with Crippen molar-refractivity contribution >= 4 is 40.1 Å². The van der Waals surface area contributed by atoms with Gasteiger partial charge in [-0.3, -0.25) is 15.0 Å². The van der Waals surface area contributed by atoms with Gasteiger partial charge in [-0.05, 0) is 80.1 Å². The van der Waals surface area contributed by atoms with Gasteiger partial charge in [0.05, 0.1) is 24.0 Å². The molecule has 10 heteroatoms. The van der Waals surface area contributed by atoms with E-state index in [1.54, 1.807) is 31.2 Å². The molecule has 9 nitrogen and oxygen atoms in total. The molecule has 38 heavy (non-hydrogen) atoms. The minimum absolute atomic E-state index is 0.00534. The number of nitrogens with one attached hydrogen (secondary N) is 2. The van der Waals surface area contributed by atoms with Gasteiger partial charge in [0, 0.05) is 35.6 Å². The van der Waals surface area contributed by atoms with Gasteiger partial charge in [0.15, 0.2) is 0 Å². The molecule has 0 saturated carbocycles. The molecule has 1 heterocycles. The van der Waals surface area contributed by atoms with Crippen LogP contribution < -0.4 is 16.0 Å². The van der Waals surface area contributed by atoms with Gasteiger partial charge in [0.2, 0.25) is 0 Å². The van der Waals surface area contributed by atoms with Gasteiger partial charge in [0.1, 0.15) is 17.5 Å². The Morgan fingerprint density at radius 1 is 1.11 bits per heavy atom. The zero-order chi connectivity index (χ0) is 27.4. The predicted molar refractivity (Wildman–Crippen MR) is 145 cm³/mol. The third-order valence-electron chi connectivity index (χ3n) is 6.28. The van der Waals surface area contributed by atoms with Crippen LogP contribution in [0.4, 0.5) is 15.8 Å². The number of rotatable bonds is 10. The number of carboxylic acid groups (broad SMARTS) is 1. The van der Waals surface area contributed by atoms with Crippen LogP contribution in [0.1, 0.15) is 40.7 Å². The molecule has 1 amide bonds. The van der Waals surface area contributed by atoms with Crippen LogP contribution in [0.15, 0.2) is 60.7 Å². The molecule has 0 aliphatic rings. The molecule has 0 aliphatic heterocycles. The van der Waals surface area contributed by atoms with Crippen LogP contribution in [0.5, 0.6) is 0 Å². The largest absolute Gasteiger partial charge is 0.481 e. The van der Waals surface area contributed by atoms with Gasteiger partial charge in [-0.25, -0.2) is 9.37 Å². The van der Waals surface area contributed by atoms with Crippen molar-refractivity contribution in [2.75, 3.05) is 16.8 Å². The van der Waals surface area contributed by atoms with E-state index in [-0.39, 0.29) is 18.8 Å². The monoisotopic (exact) mass is 516 g/mol. The van der Waals surface area contributed by atoms with Crippen LogP contribution in [-0.4, -0.2) is 38.9 Å². The quantitative estimate of drug-likeness (QED) is 0.181. The number of benzene rings is 3. The van der Waals surface area contributed by atoms with Crippen molar-refractivity contribution in [3.63, 3.8) is 0 Å².